The number of morpholine rings is 1. The van der Waals surface area contributed by atoms with Gasteiger partial charge in [-0.3, -0.25) is 14.5 Å². The van der Waals surface area contributed by atoms with Crippen LogP contribution < -0.4 is 4.74 Å². The number of aliphatic hydroxyl groups excluding tert-OH is 2. The first-order valence-electron chi connectivity index (χ1n) is 18.8. The van der Waals surface area contributed by atoms with Gasteiger partial charge >= 0.3 is 0 Å². The fourth-order valence-corrected chi connectivity index (χ4v) is 8.11. The Balaban J connectivity index is 1.25. The van der Waals surface area contributed by atoms with Gasteiger partial charge in [0.15, 0.2) is 0 Å². The number of fused-ring (bicyclic) bond motifs is 1. The number of carbonyl (C=O) groups excluding carboxylic acids is 2. The lowest BCUT2D eigenvalue weighted by Crippen LogP contribution is -2.39. The second-order valence-electron chi connectivity index (χ2n) is 16.0. The highest BCUT2D eigenvalue weighted by Gasteiger charge is 2.38. The second kappa shape index (κ2) is 17.9. The molecule has 0 radical (unpaired) electrons. The molecule has 1 saturated carbocycles. The molecule has 1 amide bonds. The van der Waals surface area contributed by atoms with Crippen molar-refractivity contribution in [2.75, 3.05) is 39.5 Å². The van der Waals surface area contributed by atoms with Crippen molar-refractivity contribution in [3.63, 3.8) is 0 Å². The van der Waals surface area contributed by atoms with Crippen LogP contribution in [0.3, 0.4) is 0 Å². The minimum atomic E-state index is -0.730. The molecule has 1 saturated heterocycles. The van der Waals surface area contributed by atoms with E-state index >= 15 is 0 Å². The number of Topliss-reactive ketones (excluding diaryl/α,β-unsaturated/α-hetero) is 1. The molecule has 4 atom stereocenters. The van der Waals surface area contributed by atoms with Gasteiger partial charge in [0.1, 0.15) is 18.1 Å². The van der Waals surface area contributed by atoms with Gasteiger partial charge in [0.2, 0.25) is 5.91 Å². The maximum absolute atomic E-state index is 14.2. The van der Waals surface area contributed by atoms with E-state index in [4.69, 9.17) is 9.47 Å². The molecule has 2 N–H and O–H groups in total. The van der Waals surface area contributed by atoms with E-state index in [0.717, 1.165) is 74.6 Å². The van der Waals surface area contributed by atoms with Crippen molar-refractivity contribution in [2.24, 2.45) is 17.3 Å². The minimum Gasteiger partial charge on any atom is -0.492 e. The summed E-state index contributed by atoms with van der Waals surface area (Å²) in [5.41, 5.74) is 2.90. The van der Waals surface area contributed by atoms with E-state index < -0.39 is 18.2 Å². The lowest BCUT2D eigenvalue weighted by atomic mass is 9.77. The van der Waals surface area contributed by atoms with Crippen molar-refractivity contribution in [1.29, 1.82) is 0 Å². The van der Waals surface area contributed by atoms with Gasteiger partial charge in [-0.15, -0.1) is 0 Å². The maximum Gasteiger partial charge on any atom is 0.223 e. The van der Waals surface area contributed by atoms with Crippen LogP contribution in [0.15, 0.2) is 48.5 Å². The van der Waals surface area contributed by atoms with Gasteiger partial charge in [-0.1, -0.05) is 89.3 Å². The summed E-state index contributed by atoms with van der Waals surface area (Å²) < 4.78 is 11.5. The van der Waals surface area contributed by atoms with Crippen LogP contribution in [0.5, 0.6) is 5.75 Å². The lowest BCUT2D eigenvalue weighted by Gasteiger charge is -2.33. The van der Waals surface area contributed by atoms with Gasteiger partial charge in [0, 0.05) is 51.9 Å². The van der Waals surface area contributed by atoms with Crippen molar-refractivity contribution in [2.45, 2.75) is 116 Å². The average Bonchev–Trinajstić information content (AvgIpc) is 3.41. The Kier molecular flexibility index (Phi) is 13.7. The summed E-state index contributed by atoms with van der Waals surface area (Å²) in [7, 11) is 0. The summed E-state index contributed by atoms with van der Waals surface area (Å²) >= 11 is 0. The van der Waals surface area contributed by atoms with Gasteiger partial charge in [0.25, 0.3) is 0 Å². The van der Waals surface area contributed by atoms with Crippen LogP contribution in [0.25, 0.3) is 0 Å². The highest BCUT2D eigenvalue weighted by Crippen LogP contribution is 2.38. The molecule has 2 aromatic rings. The van der Waals surface area contributed by atoms with E-state index in [2.05, 4.69) is 25.7 Å². The highest BCUT2D eigenvalue weighted by atomic mass is 16.5. The molecular formula is C41H60N2O6. The minimum absolute atomic E-state index is 0.0944. The first-order chi connectivity index (χ1) is 23.6. The molecule has 8 heteroatoms. The van der Waals surface area contributed by atoms with Crippen molar-refractivity contribution < 1.29 is 29.3 Å². The molecule has 1 aliphatic heterocycles. The summed E-state index contributed by atoms with van der Waals surface area (Å²) in [5.74, 6) is 1.27. The predicted octanol–water partition coefficient (Wildman–Crippen LogP) is 6.51. The number of hydrogen-bond donors (Lipinski definition) is 2. The zero-order valence-electron chi connectivity index (χ0n) is 30.2. The zero-order valence-corrected chi connectivity index (χ0v) is 30.2. The quantitative estimate of drug-likeness (QED) is 0.209. The summed E-state index contributed by atoms with van der Waals surface area (Å²) in [5, 5.41) is 22.9. The molecule has 0 spiro atoms. The number of ether oxygens (including phenoxy) is 2. The number of carbonyl (C=O) groups is 2. The van der Waals surface area contributed by atoms with Crippen LogP contribution >= 0.6 is 0 Å². The van der Waals surface area contributed by atoms with Crippen LogP contribution in [0.2, 0.25) is 0 Å². The molecule has 270 valence electrons. The third-order valence-corrected chi connectivity index (χ3v) is 10.7. The zero-order chi connectivity index (χ0) is 34.8. The van der Waals surface area contributed by atoms with Crippen LogP contribution in [0.1, 0.15) is 108 Å². The molecule has 2 aromatic carbocycles. The molecule has 5 rings (SSSR count). The number of hydrogen-bond acceptors (Lipinski definition) is 7. The molecular weight excluding hydrogens is 616 g/mol. The monoisotopic (exact) mass is 676 g/mol. The van der Waals surface area contributed by atoms with Crippen molar-refractivity contribution >= 4 is 11.7 Å². The van der Waals surface area contributed by atoms with E-state index in [-0.39, 0.29) is 29.4 Å². The van der Waals surface area contributed by atoms with E-state index in [0.29, 0.717) is 44.8 Å². The molecule has 8 nitrogen and oxygen atoms in total. The van der Waals surface area contributed by atoms with Crippen LogP contribution in [-0.2, 0) is 27.3 Å². The summed E-state index contributed by atoms with van der Waals surface area (Å²) in [6.45, 7) is 11.4. The topological polar surface area (TPSA) is 99.5 Å². The first-order valence-corrected chi connectivity index (χ1v) is 18.8. The number of rotatable bonds is 16. The van der Waals surface area contributed by atoms with Crippen LogP contribution in [-0.4, -0.2) is 83.4 Å². The molecule has 2 fully saturated rings. The Labute approximate surface area is 294 Å². The number of ketones is 1. The number of aliphatic hydroxyl groups is 2. The fourth-order valence-electron chi connectivity index (χ4n) is 8.11. The Hall–Kier alpha value is -2.78. The molecule has 49 heavy (non-hydrogen) atoms. The molecule has 1 heterocycles. The second-order valence-corrected chi connectivity index (χ2v) is 16.0. The Morgan fingerprint density at radius 1 is 1.02 bits per heavy atom. The third kappa shape index (κ3) is 11.4. The molecule has 3 aliphatic rings. The van der Waals surface area contributed by atoms with E-state index in [9.17, 15) is 19.8 Å². The predicted molar refractivity (Wildman–Crippen MR) is 192 cm³/mol. The van der Waals surface area contributed by atoms with Gasteiger partial charge in [-0.05, 0) is 58.9 Å². The Morgan fingerprint density at radius 2 is 1.73 bits per heavy atom. The van der Waals surface area contributed by atoms with Crippen LogP contribution in [0.4, 0.5) is 0 Å². The molecule has 2 aliphatic carbocycles. The van der Waals surface area contributed by atoms with Crippen molar-refractivity contribution in [3.05, 3.63) is 65.2 Å². The van der Waals surface area contributed by atoms with Crippen molar-refractivity contribution in [3.8, 4) is 5.75 Å². The Morgan fingerprint density at radius 3 is 2.45 bits per heavy atom. The fraction of sp³-hybridized carbons (Fsp3) is 0.659. The van der Waals surface area contributed by atoms with E-state index in [1.807, 2.05) is 48.5 Å². The SMILES string of the molecule is CC(C)(C)CC(=O)C[C@@H](CC1CCCCC1)[C@@H](O)CCC(=O)N(Cc1ccc(OCCN2CCOCC2)cc1)[C@H]1c2ccccc2C[C@H]1O. The maximum atomic E-state index is 14.2. The smallest absolute Gasteiger partial charge is 0.223 e. The average molecular weight is 677 g/mol. The summed E-state index contributed by atoms with van der Waals surface area (Å²) in [4.78, 5) is 31.4. The first kappa shape index (κ1) is 37.5. The summed E-state index contributed by atoms with van der Waals surface area (Å²) in [6, 6.07) is 15.4. The summed E-state index contributed by atoms with van der Waals surface area (Å²) in [6.07, 6.45) is 7.21. The highest BCUT2D eigenvalue weighted by molar-refractivity contribution is 5.79. The lowest BCUT2D eigenvalue weighted by molar-refractivity contribution is -0.137. The largest absolute Gasteiger partial charge is 0.492 e. The normalized spacial score (nSPS) is 21.6. The number of amides is 1. The molecule has 0 aromatic heterocycles. The van der Waals surface area contributed by atoms with Gasteiger partial charge < -0.3 is 24.6 Å². The van der Waals surface area contributed by atoms with E-state index in [1.54, 1.807) is 4.90 Å². The number of benzene rings is 2. The standard InChI is InChI=1S/C41H60N2O6/c1-41(2,3)28-34(44)26-33(25-30-9-5-4-6-10-30)37(45)17-18-39(47)43(40-36-12-8-7-11-32(36)27-38(40)46)29-31-13-15-35(16-14-31)49-24-21-42-19-22-48-23-20-42/h7-8,11-16,30,33,37-38,40,45-46H,4-6,9-10,17-29H2,1-3H3/t33-,37+,38-,40+/m1/s1. The Bertz CT molecular complexity index is 1330. The van der Waals surface area contributed by atoms with E-state index in [1.165, 1.54) is 19.3 Å². The van der Waals surface area contributed by atoms with Crippen LogP contribution in [0, 0.1) is 17.3 Å². The third-order valence-electron chi connectivity index (χ3n) is 10.7. The van der Waals surface area contributed by atoms with Gasteiger partial charge in [-0.2, -0.15) is 0 Å². The molecule has 0 bridgehead atoms. The van der Waals surface area contributed by atoms with Crippen molar-refractivity contribution in [1.82, 2.24) is 9.80 Å². The van der Waals surface area contributed by atoms with Gasteiger partial charge in [-0.25, -0.2) is 0 Å². The molecule has 0 unspecified atom stereocenters. The number of nitrogens with zero attached hydrogens (tertiary/aromatic N) is 2. The van der Waals surface area contributed by atoms with Gasteiger partial charge in [0.05, 0.1) is 31.5 Å².